The van der Waals surface area contributed by atoms with Gasteiger partial charge < -0.3 is 4.74 Å². The molecule has 0 amide bonds. The first-order chi connectivity index (χ1) is 9.04. The van der Waals surface area contributed by atoms with E-state index in [4.69, 9.17) is 4.74 Å². The van der Waals surface area contributed by atoms with Gasteiger partial charge in [0.1, 0.15) is 5.69 Å². The van der Waals surface area contributed by atoms with E-state index in [-0.39, 0.29) is 18.0 Å². The van der Waals surface area contributed by atoms with Crippen LogP contribution < -0.4 is 0 Å². The summed E-state index contributed by atoms with van der Waals surface area (Å²) in [5.41, 5.74) is 1.10. The number of benzene rings is 1. The fourth-order valence-corrected chi connectivity index (χ4v) is 2.03. The number of esters is 1. The van der Waals surface area contributed by atoms with Crippen LogP contribution in [0.5, 0.6) is 0 Å². The third kappa shape index (κ3) is 2.68. The van der Waals surface area contributed by atoms with E-state index in [1.54, 1.807) is 38.1 Å². The normalized spacial score (nSPS) is 10.5. The number of nitrogens with zero attached hydrogens (tertiary/aromatic N) is 2. The van der Waals surface area contributed by atoms with Crippen molar-refractivity contribution < 1.29 is 13.9 Å². The fourth-order valence-electron chi connectivity index (χ4n) is 1.68. The first-order valence-electron chi connectivity index (χ1n) is 5.72. The van der Waals surface area contributed by atoms with Crippen LogP contribution in [0.4, 0.5) is 4.39 Å². The largest absolute Gasteiger partial charge is 0.461 e. The fraction of sp³-hybridized carbons (Fsp3) is 0.231. The van der Waals surface area contributed by atoms with Crippen molar-refractivity contribution in [2.24, 2.45) is 0 Å². The van der Waals surface area contributed by atoms with Crippen molar-refractivity contribution in [3.8, 4) is 5.69 Å². The Bertz CT molecular complexity index is 625. The van der Waals surface area contributed by atoms with E-state index in [0.717, 1.165) is 0 Å². The zero-order valence-electron chi connectivity index (χ0n) is 10.5. The second-order valence-corrected chi connectivity index (χ2v) is 4.73. The molecule has 0 aliphatic heterocycles. The van der Waals surface area contributed by atoms with Crippen LogP contribution in [0.25, 0.3) is 5.69 Å². The summed E-state index contributed by atoms with van der Waals surface area (Å²) in [5, 5.41) is 4.08. The smallest absolute Gasteiger partial charge is 0.358 e. The third-order valence-corrected chi connectivity index (χ3v) is 3.14. The summed E-state index contributed by atoms with van der Waals surface area (Å²) in [5.74, 6) is -0.941. The van der Waals surface area contributed by atoms with Crippen LogP contribution in [0, 0.1) is 12.7 Å². The summed E-state index contributed by atoms with van der Waals surface area (Å²) in [7, 11) is 0. The predicted octanol–water partition coefficient (Wildman–Crippen LogP) is 3.26. The average Bonchev–Trinajstić information content (AvgIpc) is 2.75. The Hall–Kier alpha value is -1.69. The van der Waals surface area contributed by atoms with Gasteiger partial charge in [0.2, 0.25) is 0 Å². The molecule has 0 fully saturated rings. The summed E-state index contributed by atoms with van der Waals surface area (Å²) in [6, 6.07) is 6.46. The molecule has 0 N–H and O–H groups in total. The van der Waals surface area contributed by atoms with Gasteiger partial charge in [0.05, 0.1) is 11.1 Å². The van der Waals surface area contributed by atoms with Gasteiger partial charge in [-0.05, 0) is 48.0 Å². The zero-order chi connectivity index (χ0) is 14.0. The highest BCUT2D eigenvalue weighted by molar-refractivity contribution is 9.10. The molecule has 0 saturated carbocycles. The zero-order valence-corrected chi connectivity index (χ0v) is 12.1. The molecule has 0 saturated heterocycles. The van der Waals surface area contributed by atoms with Gasteiger partial charge >= 0.3 is 5.97 Å². The lowest BCUT2D eigenvalue weighted by molar-refractivity contribution is 0.0519. The molecule has 0 atom stereocenters. The number of carbonyl (C=O) groups excluding carboxylic acids is 1. The van der Waals surface area contributed by atoms with Gasteiger partial charge in [-0.3, -0.25) is 0 Å². The van der Waals surface area contributed by atoms with Gasteiger partial charge in [0.15, 0.2) is 11.5 Å². The monoisotopic (exact) mass is 326 g/mol. The van der Waals surface area contributed by atoms with E-state index in [0.29, 0.717) is 10.2 Å². The number of hydrogen-bond donors (Lipinski definition) is 0. The number of halogens is 2. The van der Waals surface area contributed by atoms with Crippen molar-refractivity contribution in [1.82, 2.24) is 9.78 Å². The first kappa shape index (κ1) is 13.7. The standard InChI is InChI=1S/C13H12BrFN2O2/c1-3-19-13(18)10-7-8(2)17(16-10)11-6-4-5-9(14)12(11)15/h4-7H,3H2,1-2H3. The highest BCUT2D eigenvalue weighted by Gasteiger charge is 2.16. The Morgan fingerprint density at radius 2 is 2.26 bits per heavy atom. The maximum atomic E-state index is 14.0. The molecular weight excluding hydrogens is 315 g/mol. The van der Waals surface area contributed by atoms with Crippen molar-refractivity contribution in [1.29, 1.82) is 0 Å². The number of aromatic nitrogens is 2. The molecule has 19 heavy (non-hydrogen) atoms. The number of rotatable bonds is 3. The molecule has 1 aromatic carbocycles. The number of aryl methyl sites for hydroxylation is 1. The summed E-state index contributed by atoms with van der Waals surface area (Å²) < 4.78 is 20.6. The summed E-state index contributed by atoms with van der Waals surface area (Å²) in [6.07, 6.45) is 0. The highest BCUT2D eigenvalue weighted by Crippen LogP contribution is 2.22. The summed E-state index contributed by atoms with van der Waals surface area (Å²) >= 11 is 3.12. The molecule has 0 unspecified atom stereocenters. The number of carbonyl (C=O) groups is 1. The average molecular weight is 327 g/mol. The van der Waals surface area contributed by atoms with Gasteiger partial charge in [0.25, 0.3) is 0 Å². The van der Waals surface area contributed by atoms with Crippen molar-refractivity contribution in [2.75, 3.05) is 6.61 Å². The Balaban J connectivity index is 2.46. The topological polar surface area (TPSA) is 44.1 Å². The van der Waals surface area contributed by atoms with Gasteiger partial charge in [0, 0.05) is 5.69 Å². The van der Waals surface area contributed by atoms with E-state index in [9.17, 15) is 9.18 Å². The van der Waals surface area contributed by atoms with E-state index in [1.165, 1.54) is 4.68 Å². The Kier molecular flexibility index (Phi) is 3.99. The second-order valence-electron chi connectivity index (χ2n) is 3.88. The van der Waals surface area contributed by atoms with E-state index < -0.39 is 11.8 Å². The molecule has 2 rings (SSSR count). The van der Waals surface area contributed by atoms with Gasteiger partial charge in [-0.15, -0.1) is 0 Å². The van der Waals surface area contributed by atoms with E-state index in [2.05, 4.69) is 21.0 Å². The quantitative estimate of drug-likeness (QED) is 0.813. The maximum absolute atomic E-state index is 14.0. The molecule has 0 aliphatic carbocycles. The second kappa shape index (κ2) is 5.52. The van der Waals surface area contributed by atoms with Gasteiger partial charge in [-0.2, -0.15) is 5.10 Å². The summed E-state index contributed by atoms with van der Waals surface area (Å²) in [6.45, 7) is 3.74. The minimum absolute atomic E-state index is 0.165. The Morgan fingerprint density at radius 1 is 1.53 bits per heavy atom. The minimum atomic E-state index is -0.514. The van der Waals surface area contributed by atoms with Crippen LogP contribution >= 0.6 is 15.9 Å². The molecule has 0 radical (unpaired) electrons. The molecule has 6 heteroatoms. The van der Waals surface area contributed by atoms with Crippen LogP contribution in [0.3, 0.4) is 0 Å². The van der Waals surface area contributed by atoms with Crippen molar-refractivity contribution in [3.63, 3.8) is 0 Å². The Labute approximate surface area is 118 Å². The molecule has 4 nitrogen and oxygen atoms in total. The van der Waals surface area contributed by atoms with Crippen molar-refractivity contribution in [2.45, 2.75) is 13.8 Å². The first-order valence-corrected chi connectivity index (χ1v) is 6.52. The molecule has 1 heterocycles. The Morgan fingerprint density at radius 3 is 2.95 bits per heavy atom. The number of ether oxygens (including phenoxy) is 1. The molecule has 0 bridgehead atoms. The van der Waals surface area contributed by atoms with Crippen LogP contribution in [-0.2, 0) is 4.74 Å². The third-order valence-electron chi connectivity index (χ3n) is 2.53. The van der Waals surface area contributed by atoms with Crippen molar-refractivity contribution in [3.05, 3.63) is 45.9 Å². The molecule has 0 spiro atoms. The SMILES string of the molecule is CCOC(=O)c1cc(C)n(-c2cccc(Br)c2F)n1. The van der Waals surface area contributed by atoms with Crippen molar-refractivity contribution >= 4 is 21.9 Å². The van der Waals surface area contributed by atoms with Crippen LogP contribution in [0.1, 0.15) is 23.1 Å². The van der Waals surface area contributed by atoms with Gasteiger partial charge in [-0.1, -0.05) is 6.07 Å². The lowest BCUT2D eigenvalue weighted by Gasteiger charge is -2.06. The number of hydrogen-bond acceptors (Lipinski definition) is 3. The van der Waals surface area contributed by atoms with E-state index in [1.807, 2.05) is 0 Å². The minimum Gasteiger partial charge on any atom is -0.461 e. The molecule has 2 aromatic rings. The van der Waals surface area contributed by atoms with Gasteiger partial charge in [-0.25, -0.2) is 13.9 Å². The van der Waals surface area contributed by atoms with Crippen LogP contribution in [-0.4, -0.2) is 22.4 Å². The molecule has 0 aliphatic rings. The summed E-state index contributed by atoms with van der Waals surface area (Å²) in [4.78, 5) is 11.6. The predicted molar refractivity (Wildman–Crippen MR) is 71.9 cm³/mol. The lowest BCUT2D eigenvalue weighted by atomic mass is 10.3. The van der Waals surface area contributed by atoms with Crippen LogP contribution in [0.2, 0.25) is 0 Å². The lowest BCUT2D eigenvalue weighted by Crippen LogP contribution is -2.07. The van der Waals surface area contributed by atoms with E-state index >= 15 is 0 Å². The molecule has 1 aromatic heterocycles. The molecule has 100 valence electrons. The van der Waals surface area contributed by atoms with Crippen LogP contribution in [0.15, 0.2) is 28.7 Å². The maximum Gasteiger partial charge on any atom is 0.358 e. The molecular formula is C13H12BrFN2O2. The highest BCUT2D eigenvalue weighted by atomic mass is 79.9.